The van der Waals surface area contributed by atoms with Crippen molar-refractivity contribution in [1.29, 1.82) is 0 Å². The van der Waals surface area contributed by atoms with Crippen LogP contribution >= 0.6 is 0 Å². The third-order valence-electron chi connectivity index (χ3n) is 6.32. The number of nitrogens with zero attached hydrogens (tertiary/aromatic N) is 1. The van der Waals surface area contributed by atoms with Crippen LogP contribution in [0.4, 0.5) is 11.4 Å². The molecule has 1 aliphatic heterocycles. The van der Waals surface area contributed by atoms with Gasteiger partial charge >= 0.3 is 11.9 Å². The summed E-state index contributed by atoms with van der Waals surface area (Å²) in [5.41, 5.74) is 1.79. The molecule has 0 aliphatic carbocycles. The van der Waals surface area contributed by atoms with Crippen LogP contribution < -0.4 is 15.4 Å². The number of aliphatic hydroxyl groups excluding tert-OH is 3. The number of fused-ring (bicyclic) bond motifs is 1. The lowest BCUT2D eigenvalue weighted by Gasteiger charge is -2.42. The molecule has 0 radical (unpaired) electrons. The third kappa shape index (κ3) is 5.97. The number of carbonyl (C=O) groups excluding carboxylic acids is 3. The largest absolute Gasteiger partial charge is 0.465 e. The molecule has 4 rings (SSSR count). The summed E-state index contributed by atoms with van der Waals surface area (Å²) in [6, 6.07) is 10.1. The number of rotatable bonds is 8. The SMILES string of the molecule is COC(=O)c1ccc2ncc(C(=O)OC)c(Nc3ccc(O[C@@H]4O[C@H](CO)[C@H](O)[C@H](O)[C@@H]4NC(C)=O)cc3)c2c1. The van der Waals surface area contributed by atoms with E-state index >= 15 is 0 Å². The summed E-state index contributed by atoms with van der Waals surface area (Å²) in [6.07, 6.45) is -3.87. The molecule has 0 unspecified atom stereocenters. The van der Waals surface area contributed by atoms with E-state index in [2.05, 4.69) is 15.6 Å². The average Bonchev–Trinajstić information content (AvgIpc) is 2.96. The van der Waals surface area contributed by atoms with Gasteiger partial charge in [-0.1, -0.05) is 0 Å². The van der Waals surface area contributed by atoms with Gasteiger partial charge in [-0.25, -0.2) is 9.59 Å². The number of nitrogens with one attached hydrogen (secondary N) is 2. The van der Waals surface area contributed by atoms with Crippen molar-refractivity contribution in [2.45, 2.75) is 37.6 Å². The van der Waals surface area contributed by atoms with E-state index < -0.39 is 55.1 Å². The molecule has 3 aromatic rings. The van der Waals surface area contributed by atoms with Gasteiger partial charge in [-0.3, -0.25) is 9.78 Å². The van der Waals surface area contributed by atoms with Crippen molar-refractivity contribution in [1.82, 2.24) is 10.3 Å². The minimum Gasteiger partial charge on any atom is -0.465 e. The number of benzene rings is 2. The minimum atomic E-state index is -1.45. The number of hydrogen-bond acceptors (Lipinski definition) is 12. The first-order chi connectivity index (χ1) is 19.2. The number of hydrogen-bond donors (Lipinski definition) is 5. The lowest BCUT2D eigenvalue weighted by Crippen LogP contribution is -2.65. The summed E-state index contributed by atoms with van der Waals surface area (Å²) in [4.78, 5) is 40.6. The highest BCUT2D eigenvalue weighted by atomic mass is 16.7. The number of amides is 1. The Kier molecular flexibility index (Phi) is 8.80. The van der Waals surface area contributed by atoms with E-state index in [1.54, 1.807) is 42.5 Å². The minimum absolute atomic E-state index is 0.133. The Morgan fingerprint density at radius 2 is 1.70 bits per heavy atom. The van der Waals surface area contributed by atoms with Crippen molar-refractivity contribution in [3.05, 3.63) is 59.8 Å². The highest BCUT2D eigenvalue weighted by Gasteiger charge is 2.46. The molecule has 1 aromatic heterocycles. The van der Waals surface area contributed by atoms with Crippen LogP contribution in [0.25, 0.3) is 10.9 Å². The maximum absolute atomic E-state index is 12.5. The molecule has 212 valence electrons. The Hall–Kier alpha value is -4.30. The van der Waals surface area contributed by atoms with Gasteiger partial charge in [0.2, 0.25) is 12.2 Å². The Bertz CT molecular complexity index is 1390. The number of aliphatic hydroxyl groups is 3. The number of aromatic nitrogens is 1. The highest BCUT2D eigenvalue weighted by Crippen LogP contribution is 2.32. The predicted molar refractivity (Wildman–Crippen MR) is 140 cm³/mol. The standard InChI is InChI=1S/C27H29N3O10/c1-13(32)29-22-24(34)23(33)20(12-31)40-27(22)39-16-7-5-15(6-8-16)30-21-17-10-14(25(35)37-2)4-9-19(17)28-11-18(21)26(36)38-3/h4-11,20,22-24,27,31,33-34H,12H2,1-3H3,(H,28,30)(H,29,32)/t20-,22+,23+,24-,27-/m1/s1. The first kappa shape index (κ1) is 28.7. The van der Waals surface area contributed by atoms with E-state index in [0.29, 0.717) is 22.3 Å². The number of pyridine rings is 1. The molecule has 1 aliphatic rings. The fraction of sp³-hybridized carbons (Fsp3) is 0.333. The Morgan fingerprint density at radius 3 is 2.33 bits per heavy atom. The normalized spacial score (nSPS) is 22.3. The quantitative estimate of drug-likeness (QED) is 0.247. The third-order valence-corrected chi connectivity index (χ3v) is 6.32. The van der Waals surface area contributed by atoms with Gasteiger partial charge in [-0.2, -0.15) is 0 Å². The van der Waals surface area contributed by atoms with Crippen molar-refractivity contribution in [3.63, 3.8) is 0 Å². The molecule has 13 heteroatoms. The smallest absolute Gasteiger partial charge is 0.341 e. The number of anilines is 2. The molecular weight excluding hydrogens is 526 g/mol. The van der Waals surface area contributed by atoms with Gasteiger partial charge in [-0.05, 0) is 42.5 Å². The van der Waals surface area contributed by atoms with E-state index in [1.165, 1.54) is 27.3 Å². The van der Waals surface area contributed by atoms with Gasteiger partial charge < -0.3 is 44.9 Å². The molecule has 0 bridgehead atoms. The predicted octanol–water partition coefficient (Wildman–Crippen LogP) is 0.874. The zero-order valence-corrected chi connectivity index (χ0v) is 21.9. The topological polar surface area (TPSA) is 186 Å². The fourth-order valence-electron chi connectivity index (χ4n) is 4.30. The summed E-state index contributed by atoms with van der Waals surface area (Å²) in [5, 5.41) is 36.3. The van der Waals surface area contributed by atoms with Crippen LogP contribution in [0.2, 0.25) is 0 Å². The molecule has 5 N–H and O–H groups in total. The van der Waals surface area contributed by atoms with Crippen LogP contribution in [0, 0.1) is 0 Å². The van der Waals surface area contributed by atoms with E-state index in [9.17, 15) is 29.7 Å². The molecular formula is C27H29N3O10. The highest BCUT2D eigenvalue weighted by molar-refractivity contribution is 6.07. The zero-order valence-electron chi connectivity index (χ0n) is 21.9. The number of esters is 2. The Morgan fingerprint density at radius 1 is 1.00 bits per heavy atom. The molecule has 13 nitrogen and oxygen atoms in total. The van der Waals surface area contributed by atoms with Crippen LogP contribution in [-0.2, 0) is 19.0 Å². The van der Waals surface area contributed by atoms with Gasteiger partial charge in [-0.15, -0.1) is 0 Å². The maximum Gasteiger partial charge on any atom is 0.341 e. The van der Waals surface area contributed by atoms with Crippen molar-refractivity contribution < 1.29 is 48.7 Å². The van der Waals surface area contributed by atoms with Gasteiger partial charge in [0.15, 0.2) is 0 Å². The van der Waals surface area contributed by atoms with E-state index in [4.69, 9.17) is 18.9 Å². The first-order valence-corrected chi connectivity index (χ1v) is 12.2. The first-order valence-electron chi connectivity index (χ1n) is 12.2. The van der Waals surface area contributed by atoms with Gasteiger partial charge in [0, 0.05) is 24.2 Å². The van der Waals surface area contributed by atoms with Crippen LogP contribution in [0.1, 0.15) is 27.6 Å². The van der Waals surface area contributed by atoms with Crippen molar-refractivity contribution in [3.8, 4) is 5.75 Å². The maximum atomic E-state index is 12.5. The second-order valence-electron chi connectivity index (χ2n) is 8.96. The fourth-order valence-corrected chi connectivity index (χ4v) is 4.30. The monoisotopic (exact) mass is 555 g/mol. The molecule has 1 fully saturated rings. The van der Waals surface area contributed by atoms with Crippen LogP contribution in [-0.4, -0.2) is 89.6 Å². The van der Waals surface area contributed by atoms with Crippen molar-refractivity contribution in [2.75, 3.05) is 26.1 Å². The lowest BCUT2D eigenvalue weighted by atomic mass is 9.97. The second kappa shape index (κ2) is 12.3. The van der Waals surface area contributed by atoms with Crippen molar-refractivity contribution in [2.24, 2.45) is 0 Å². The summed E-state index contributed by atoms with van der Waals surface area (Å²) in [6.45, 7) is 0.669. The molecule has 1 saturated heterocycles. The molecule has 5 atom stereocenters. The number of ether oxygens (including phenoxy) is 4. The van der Waals surface area contributed by atoms with Gasteiger partial charge in [0.1, 0.15) is 35.7 Å². The number of methoxy groups -OCH3 is 2. The van der Waals surface area contributed by atoms with Gasteiger partial charge in [0.25, 0.3) is 0 Å². The molecule has 2 aromatic carbocycles. The number of carbonyl (C=O) groups is 3. The molecule has 1 amide bonds. The van der Waals surface area contributed by atoms with Crippen molar-refractivity contribution >= 4 is 40.1 Å². The molecule has 0 saturated carbocycles. The summed E-state index contributed by atoms with van der Waals surface area (Å²) >= 11 is 0. The lowest BCUT2D eigenvalue weighted by molar-refractivity contribution is -0.244. The average molecular weight is 556 g/mol. The van der Waals surface area contributed by atoms with E-state index in [0.717, 1.165) is 0 Å². The van der Waals surface area contributed by atoms with E-state index in [-0.39, 0.29) is 16.9 Å². The van der Waals surface area contributed by atoms with Crippen LogP contribution in [0.15, 0.2) is 48.7 Å². The second-order valence-corrected chi connectivity index (χ2v) is 8.96. The van der Waals surface area contributed by atoms with Crippen LogP contribution in [0.5, 0.6) is 5.75 Å². The van der Waals surface area contributed by atoms with Crippen LogP contribution in [0.3, 0.4) is 0 Å². The Labute approximate surface area is 228 Å². The summed E-state index contributed by atoms with van der Waals surface area (Å²) in [5.74, 6) is -1.39. The van der Waals surface area contributed by atoms with E-state index in [1.807, 2.05) is 0 Å². The molecule has 0 spiro atoms. The summed E-state index contributed by atoms with van der Waals surface area (Å²) in [7, 11) is 2.51. The van der Waals surface area contributed by atoms with Gasteiger partial charge in [0.05, 0.1) is 37.6 Å². The summed E-state index contributed by atoms with van der Waals surface area (Å²) < 4.78 is 21.2. The Balaban J connectivity index is 1.63. The molecule has 2 heterocycles. The zero-order chi connectivity index (χ0) is 29.0. The molecule has 40 heavy (non-hydrogen) atoms.